The van der Waals surface area contributed by atoms with Gasteiger partial charge in [-0.25, -0.2) is 0 Å². The maximum atomic E-state index is 11.1. The van der Waals surface area contributed by atoms with E-state index in [4.69, 9.17) is 15.9 Å². The molecule has 60 valence electrons. The molecule has 1 unspecified atom stereocenters. The molecule has 0 amide bonds. The third-order valence-electron chi connectivity index (χ3n) is 1.45. The Labute approximate surface area is 65.7 Å². The number of terminal acetylenes is 1. The summed E-state index contributed by atoms with van der Waals surface area (Å²) in [6.07, 6.45) is 4.67. The molecule has 1 aliphatic rings. The van der Waals surface area contributed by atoms with Crippen LogP contribution in [-0.4, -0.2) is 31.7 Å². The number of hydrogen-bond acceptors (Lipinski definition) is 3. The van der Waals surface area contributed by atoms with E-state index in [0.29, 0.717) is 19.8 Å². The monoisotopic (exact) mass is 154 g/mol. The lowest BCUT2D eigenvalue weighted by atomic mass is 10.2. The van der Waals surface area contributed by atoms with Crippen LogP contribution in [0.25, 0.3) is 0 Å². The van der Waals surface area contributed by atoms with Gasteiger partial charge in [-0.3, -0.25) is 4.79 Å². The topological polar surface area (TPSA) is 35.5 Å². The van der Waals surface area contributed by atoms with Crippen molar-refractivity contribution in [3.8, 4) is 12.3 Å². The van der Waals surface area contributed by atoms with Crippen LogP contribution in [-0.2, 0) is 14.3 Å². The van der Waals surface area contributed by atoms with Gasteiger partial charge in [0.05, 0.1) is 26.2 Å². The third kappa shape index (κ3) is 2.34. The highest BCUT2D eigenvalue weighted by molar-refractivity contribution is 5.85. The molecule has 1 aliphatic heterocycles. The highest BCUT2D eigenvalue weighted by Gasteiger charge is 2.20. The molecule has 0 aromatic rings. The zero-order valence-electron chi connectivity index (χ0n) is 6.21. The van der Waals surface area contributed by atoms with Gasteiger partial charge in [0.2, 0.25) is 0 Å². The lowest BCUT2D eigenvalue weighted by Crippen LogP contribution is -2.35. The van der Waals surface area contributed by atoms with Crippen molar-refractivity contribution in [2.24, 2.45) is 0 Å². The second-order valence-corrected chi connectivity index (χ2v) is 2.28. The Bertz CT molecular complexity index is 174. The highest BCUT2D eigenvalue weighted by atomic mass is 16.6. The van der Waals surface area contributed by atoms with Crippen LogP contribution < -0.4 is 0 Å². The van der Waals surface area contributed by atoms with Crippen LogP contribution in [0.3, 0.4) is 0 Å². The van der Waals surface area contributed by atoms with Crippen LogP contribution in [0.5, 0.6) is 0 Å². The van der Waals surface area contributed by atoms with Crippen molar-refractivity contribution < 1.29 is 14.3 Å². The Morgan fingerprint density at radius 1 is 1.64 bits per heavy atom. The highest BCUT2D eigenvalue weighted by Crippen LogP contribution is 2.03. The van der Waals surface area contributed by atoms with E-state index in [2.05, 4.69) is 5.92 Å². The molecule has 3 heteroatoms. The number of carbonyl (C=O) groups is 1. The number of carbonyl (C=O) groups excluding carboxylic acids is 1. The predicted octanol–water partition coefficient (Wildman–Crippen LogP) is -0.00580. The normalized spacial score (nSPS) is 24.1. The fourth-order valence-corrected chi connectivity index (χ4v) is 0.888. The second kappa shape index (κ2) is 4.12. The minimum Gasteiger partial charge on any atom is -0.376 e. The Morgan fingerprint density at radius 2 is 2.45 bits per heavy atom. The molecule has 11 heavy (non-hydrogen) atoms. The van der Waals surface area contributed by atoms with E-state index in [1.54, 1.807) is 0 Å². The molecule has 1 atom stereocenters. The molecule has 0 N–H and O–H groups in total. The summed E-state index contributed by atoms with van der Waals surface area (Å²) in [6.45, 7) is 1.40. The summed E-state index contributed by atoms with van der Waals surface area (Å²) in [4.78, 5) is 11.1. The first kappa shape index (κ1) is 8.25. The van der Waals surface area contributed by atoms with E-state index in [1.807, 2.05) is 0 Å². The van der Waals surface area contributed by atoms with Gasteiger partial charge in [0.15, 0.2) is 5.78 Å². The largest absolute Gasteiger partial charge is 0.376 e. The van der Waals surface area contributed by atoms with E-state index >= 15 is 0 Å². The van der Waals surface area contributed by atoms with Crippen molar-refractivity contribution in [2.45, 2.75) is 12.5 Å². The minimum absolute atomic E-state index is 0.0628. The van der Waals surface area contributed by atoms with Gasteiger partial charge < -0.3 is 9.47 Å². The number of ketones is 1. The third-order valence-corrected chi connectivity index (χ3v) is 1.45. The maximum Gasteiger partial charge on any atom is 0.175 e. The van der Waals surface area contributed by atoms with E-state index in [9.17, 15) is 4.79 Å². The lowest BCUT2D eigenvalue weighted by molar-refractivity contribution is -0.144. The fraction of sp³-hybridized carbons (Fsp3) is 0.625. The van der Waals surface area contributed by atoms with Gasteiger partial charge in [0.25, 0.3) is 0 Å². The van der Waals surface area contributed by atoms with E-state index < -0.39 is 6.10 Å². The zero-order valence-corrected chi connectivity index (χ0v) is 6.21. The smallest absolute Gasteiger partial charge is 0.175 e. The van der Waals surface area contributed by atoms with Crippen molar-refractivity contribution in [3.05, 3.63) is 0 Å². The molecule has 0 bridgehead atoms. The van der Waals surface area contributed by atoms with Crippen LogP contribution in [0.4, 0.5) is 0 Å². The number of hydrogen-bond donors (Lipinski definition) is 0. The summed E-state index contributed by atoms with van der Waals surface area (Å²) in [6, 6.07) is 0. The van der Waals surface area contributed by atoms with Crippen molar-refractivity contribution in [2.75, 3.05) is 19.8 Å². The molecule has 1 saturated heterocycles. The van der Waals surface area contributed by atoms with Crippen LogP contribution in [0.15, 0.2) is 0 Å². The molecule has 1 rings (SSSR count). The van der Waals surface area contributed by atoms with Gasteiger partial charge in [-0.2, -0.15) is 0 Å². The molecule has 0 aromatic carbocycles. The predicted molar refractivity (Wildman–Crippen MR) is 39.0 cm³/mol. The molecule has 0 spiro atoms. The van der Waals surface area contributed by atoms with Crippen molar-refractivity contribution >= 4 is 5.78 Å². The van der Waals surface area contributed by atoms with Gasteiger partial charge >= 0.3 is 0 Å². The van der Waals surface area contributed by atoms with Crippen molar-refractivity contribution in [1.82, 2.24) is 0 Å². The van der Waals surface area contributed by atoms with Gasteiger partial charge in [-0.1, -0.05) is 5.92 Å². The van der Waals surface area contributed by atoms with E-state index in [1.165, 1.54) is 0 Å². The van der Waals surface area contributed by atoms with Crippen molar-refractivity contribution in [3.63, 3.8) is 0 Å². The maximum absolute atomic E-state index is 11.1. The Hall–Kier alpha value is -0.850. The summed E-state index contributed by atoms with van der Waals surface area (Å²) < 4.78 is 10.2. The first-order chi connectivity index (χ1) is 5.34. The average molecular weight is 154 g/mol. The summed E-state index contributed by atoms with van der Waals surface area (Å²) in [5, 5.41) is 0. The quantitative estimate of drug-likeness (QED) is 0.525. The van der Waals surface area contributed by atoms with E-state index in [0.717, 1.165) is 0 Å². The Balaban J connectivity index is 2.34. The van der Waals surface area contributed by atoms with Crippen LogP contribution in [0.1, 0.15) is 6.42 Å². The minimum atomic E-state index is -0.431. The second-order valence-electron chi connectivity index (χ2n) is 2.28. The molecular formula is C8H10O3. The first-order valence-electron chi connectivity index (χ1n) is 3.50. The zero-order chi connectivity index (χ0) is 8.10. The van der Waals surface area contributed by atoms with Gasteiger partial charge in [-0.15, -0.1) is 6.42 Å². The molecule has 1 fully saturated rings. The van der Waals surface area contributed by atoms with Crippen molar-refractivity contribution in [1.29, 1.82) is 0 Å². The number of Topliss-reactive ketones (excluding diaryl/α,β-unsaturated/α-hetero) is 1. The summed E-state index contributed by atoms with van der Waals surface area (Å²) in [7, 11) is 0. The molecule has 3 nitrogen and oxygen atoms in total. The SMILES string of the molecule is C#CCC(=O)C1COCCO1. The molecule has 0 saturated carbocycles. The van der Waals surface area contributed by atoms with E-state index in [-0.39, 0.29) is 12.2 Å². The molecular weight excluding hydrogens is 144 g/mol. The molecule has 0 aliphatic carbocycles. The van der Waals surface area contributed by atoms with Crippen LogP contribution in [0, 0.1) is 12.3 Å². The molecule has 0 radical (unpaired) electrons. The fourth-order valence-electron chi connectivity index (χ4n) is 0.888. The van der Waals surface area contributed by atoms with Gasteiger partial charge in [-0.05, 0) is 0 Å². The molecule has 0 aromatic heterocycles. The molecule has 1 heterocycles. The Kier molecular flexibility index (Phi) is 3.09. The number of rotatable bonds is 2. The standard InChI is InChI=1S/C8H10O3/c1-2-3-7(9)8-6-10-4-5-11-8/h1,8H,3-6H2. The van der Waals surface area contributed by atoms with Crippen LogP contribution >= 0.6 is 0 Å². The summed E-state index contributed by atoms with van der Waals surface area (Å²) in [5.41, 5.74) is 0. The average Bonchev–Trinajstić information content (AvgIpc) is 2.07. The Morgan fingerprint density at radius 3 is 3.00 bits per heavy atom. The summed E-state index contributed by atoms with van der Waals surface area (Å²) in [5.74, 6) is 2.22. The first-order valence-corrected chi connectivity index (χ1v) is 3.50. The summed E-state index contributed by atoms with van der Waals surface area (Å²) >= 11 is 0. The van der Waals surface area contributed by atoms with Gasteiger partial charge in [0.1, 0.15) is 6.10 Å². The number of ether oxygens (including phenoxy) is 2. The van der Waals surface area contributed by atoms with Crippen LogP contribution in [0.2, 0.25) is 0 Å². The van der Waals surface area contributed by atoms with Gasteiger partial charge in [0, 0.05) is 0 Å². The lowest BCUT2D eigenvalue weighted by Gasteiger charge is -2.20.